The molecule has 0 saturated heterocycles. The van der Waals surface area contributed by atoms with Gasteiger partial charge in [-0.15, -0.1) is 0 Å². The zero-order valence-electron chi connectivity index (χ0n) is 16.0. The van der Waals surface area contributed by atoms with Crippen LogP contribution in [0.2, 0.25) is 0 Å². The molecule has 0 bridgehead atoms. The van der Waals surface area contributed by atoms with Gasteiger partial charge >= 0.3 is 0 Å². The lowest BCUT2D eigenvalue weighted by molar-refractivity contribution is 0.0924. The number of nitrogens with zero attached hydrogens (tertiary/aromatic N) is 3. The molecule has 1 aliphatic rings. The van der Waals surface area contributed by atoms with Crippen LogP contribution in [0.1, 0.15) is 48.0 Å². The number of hydrogen-bond donors (Lipinski definition) is 1. The molecule has 1 aliphatic carbocycles. The van der Waals surface area contributed by atoms with Crippen LogP contribution in [0.5, 0.6) is 0 Å². The van der Waals surface area contributed by atoms with Crippen LogP contribution in [0, 0.1) is 0 Å². The van der Waals surface area contributed by atoms with Gasteiger partial charge in [-0.05, 0) is 43.2 Å². The number of amides is 1. The van der Waals surface area contributed by atoms with Gasteiger partial charge in [0.25, 0.3) is 5.91 Å². The van der Waals surface area contributed by atoms with Crippen LogP contribution in [0.15, 0.2) is 65.2 Å². The molecule has 1 fully saturated rings. The highest BCUT2D eigenvalue weighted by molar-refractivity contribution is 5.96. The van der Waals surface area contributed by atoms with E-state index in [2.05, 4.69) is 15.0 Å². The first-order chi connectivity index (χ1) is 14.3. The quantitative estimate of drug-likeness (QED) is 0.538. The van der Waals surface area contributed by atoms with Crippen molar-refractivity contribution in [1.82, 2.24) is 20.1 Å². The molecule has 0 atom stereocenters. The number of furan rings is 1. The third-order valence-electron chi connectivity index (χ3n) is 5.46. The van der Waals surface area contributed by atoms with Gasteiger partial charge in [0, 0.05) is 11.6 Å². The highest BCUT2D eigenvalue weighted by Crippen LogP contribution is 2.33. The first-order valence-corrected chi connectivity index (χ1v) is 10.0. The first kappa shape index (κ1) is 17.7. The van der Waals surface area contributed by atoms with E-state index >= 15 is 0 Å². The smallest absolute Gasteiger partial charge is 0.287 e. The number of hydrogen-bond acceptors (Lipinski definition) is 4. The Morgan fingerprint density at radius 2 is 1.93 bits per heavy atom. The maximum absolute atomic E-state index is 12.6. The minimum Gasteiger partial charge on any atom is -0.451 e. The minimum absolute atomic E-state index is 0.240. The van der Waals surface area contributed by atoms with E-state index in [1.165, 1.54) is 12.8 Å². The largest absolute Gasteiger partial charge is 0.451 e. The molecule has 1 N–H and O–H groups in total. The van der Waals surface area contributed by atoms with Gasteiger partial charge < -0.3 is 9.73 Å². The predicted octanol–water partition coefficient (Wildman–Crippen LogP) is 4.74. The molecule has 0 radical (unpaired) electrons. The molecular weight excluding hydrogens is 364 g/mol. The van der Waals surface area contributed by atoms with E-state index in [9.17, 15) is 4.79 Å². The van der Waals surface area contributed by atoms with Gasteiger partial charge in [0.15, 0.2) is 5.76 Å². The Hall–Kier alpha value is -3.41. The fourth-order valence-electron chi connectivity index (χ4n) is 4.02. The Morgan fingerprint density at radius 1 is 1.10 bits per heavy atom. The summed E-state index contributed by atoms with van der Waals surface area (Å²) in [6, 6.07) is 17.7. The number of carbonyl (C=O) groups is 1. The van der Waals surface area contributed by atoms with Crippen LogP contribution in [0.25, 0.3) is 22.4 Å². The third kappa shape index (κ3) is 3.53. The normalized spacial score (nSPS) is 14.5. The van der Waals surface area contributed by atoms with Crippen molar-refractivity contribution in [1.29, 1.82) is 0 Å². The average molecular weight is 386 g/mol. The summed E-state index contributed by atoms with van der Waals surface area (Å²) in [5.41, 5.74) is 3.44. The summed E-state index contributed by atoms with van der Waals surface area (Å²) < 4.78 is 7.75. The van der Waals surface area contributed by atoms with Crippen molar-refractivity contribution in [2.24, 2.45) is 0 Å². The predicted molar refractivity (Wildman–Crippen MR) is 110 cm³/mol. The number of benzene rings is 1. The summed E-state index contributed by atoms with van der Waals surface area (Å²) in [4.78, 5) is 17.1. The first-order valence-electron chi connectivity index (χ1n) is 10.0. The van der Waals surface area contributed by atoms with Crippen LogP contribution >= 0.6 is 0 Å². The van der Waals surface area contributed by atoms with Crippen LogP contribution in [0.3, 0.4) is 0 Å². The topological polar surface area (TPSA) is 73.0 Å². The maximum Gasteiger partial charge on any atom is 0.287 e. The Labute approximate surface area is 168 Å². The molecule has 0 unspecified atom stereocenters. The number of nitrogens with one attached hydrogen (secondary N) is 1. The summed E-state index contributed by atoms with van der Waals surface area (Å²) in [5, 5.41) is 8.66. The average Bonchev–Trinajstić information content (AvgIpc) is 3.51. The van der Waals surface area contributed by atoms with Gasteiger partial charge in [-0.25, -0.2) is 0 Å². The van der Waals surface area contributed by atoms with E-state index in [0.717, 1.165) is 35.3 Å². The molecule has 0 spiro atoms. The van der Waals surface area contributed by atoms with Crippen molar-refractivity contribution in [3.63, 3.8) is 0 Å². The molecule has 29 heavy (non-hydrogen) atoms. The number of fused-ring (bicyclic) bond motifs is 1. The molecule has 5 rings (SSSR count). The van der Waals surface area contributed by atoms with Crippen molar-refractivity contribution in [2.45, 2.75) is 38.3 Å². The Morgan fingerprint density at radius 3 is 2.72 bits per heavy atom. The number of aromatic nitrogens is 3. The van der Waals surface area contributed by atoms with E-state index in [1.54, 1.807) is 12.3 Å². The zero-order chi connectivity index (χ0) is 19.6. The van der Waals surface area contributed by atoms with Crippen molar-refractivity contribution in [3.8, 4) is 11.4 Å². The number of carbonyl (C=O) groups excluding carboxylic acids is 1. The fourth-order valence-corrected chi connectivity index (χ4v) is 4.02. The second-order valence-corrected chi connectivity index (χ2v) is 7.45. The van der Waals surface area contributed by atoms with E-state index in [-0.39, 0.29) is 5.91 Å². The van der Waals surface area contributed by atoms with Crippen LogP contribution in [-0.2, 0) is 6.54 Å². The lowest BCUT2D eigenvalue weighted by Crippen LogP contribution is -2.22. The summed E-state index contributed by atoms with van der Waals surface area (Å²) in [7, 11) is 0. The van der Waals surface area contributed by atoms with E-state index in [1.807, 2.05) is 48.5 Å². The zero-order valence-corrected chi connectivity index (χ0v) is 16.0. The molecule has 3 aromatic heterocycles. The number of pyridine rings is 1. The molecule has 6 heteroatoms. The molecule has 1 amide bonds. The Kier molecular flexibility index (Phi) is 4.60. The second-order valence-electron chi connectivity index (χ2n) is 7.45. The highest BCUT2D eigenvalue weighted by Gasteiger charge is 2.23. The summed E-state index contributed by atoms with van der Waals surface area (Å²) in [6.07, 6.45) is 6.51. The standard InChI is InChI=1S/C23H22N4O2/c28-23(22-13-16-7-1-4-11-21(16)29-22)25-15-17-14-20(19-10-5-6-12-24-19)27(26-17)18-8-2-3-9-18/h1,4-7,10-14,18H,2-3,8-9,15H2,(H,25,28). The lowest BCUT2D eigenvalue weighted by Gasteiger charge is -2.13. The Bertz CT molecular complexity index is 1110. The van der Waals surface area contributed by atoms with Gasteiger partial charge in [0.1, 0.15) is 5.58 Å². The third-order valence-corrected chi connectivity index (χ3v) is 5.46. The second kappa shape index (κ2) is 7.54. The SMILES string of the molecule is O=C(NCc1cc(-c2ccccn2)n(C2CCCC2)n1)c1cc2ccccc2o1. The van der Waals surface area contributed by atoms with Gasteiger partial charge in [-0.3, -0.25) is 14.5 Å². The van der Waals surface area contributed by atoms with Gasteiger partial charge in [0.05, 0.1) is 29.7 Å². The molecular formula is C23H22N4O2. The minimum atomic E-state index is -0.240. The van der Waals surface area contributed by atoms with Crippen molar-refractivity contribution < 1.29 is 9.21 Å². The van der Waals surface area contributed by atoms with Crippen molar-refractivity contribution in [3.05, 3.63) is 72.2 Å². The molecule has 0 aliphatic heterocycles. The molecule has 1 aromatic carbocycles. The summed E-state index contributed by atoms with van der Waals surface area (Å²) in [5.74, 6) is 0.0716. The van der Waals surface area contributed by atoms with Gasteiger partial charge in [0.2, 0.25) is 0 Å². The Balaban J connectivity index is 1.37. The molecule has 3 heterocycles. The molecule has 1 saturated carbocycles. The van der Waals surface area contributed by atoms with Crippen LogP contribution < -0.4 is 5.32 Å². The lowest BCUT2D eigenvalue weighted by atomic mass is 10.2. The fraction of sp³-hybridized carbons (Fsp3) is 0.261. The number of para-hydroxylation sites is 1. The van der Waals surface area contributed by atoms with Crippen molar-refractivity contribution in [2.75, 3.05) is 0 Å². The maximum atomic E-state index is 12.6. The summed E-state index contributed by atoms with van der Waals surface area (Å²) in [6.45, 7) is 0.343. The van der Waals surface area contributed by atoms with E-state index < -0.39 is 0 Å². The summed E-state index contributed by atoms with van der Waals surface area (Å²) >= 11 is 0. The van der Waals surface area contributed by atoms with Gasteiger partial charge in [-0.2, -0.15) is 5.10 Å². The van der Waals surface area contributed by atoms with Crippen LogP contribution in [0.4, 0.5) is 0 Å². The molecule has 6 nitrogen and oxygen atoms in total. The van der Waals surface area contributed by atoms with E-state index in [0.29, 0.717) is 23.9 Å². The van der Waals surface area contributed by atoms with E-state index in [4.69, 9.17) is 9.52 Å². The highest BCUT2D eigenvalue weighted by atomic mass is 16.3. The monoisotopic (exact) mass is 386 g/mol. The molecule has 4 aromatic rings. The van der Waals surface area contributed by atoms with Crippen molar-refractivity contribution >= 4 is 16.9 Å². The van der Waals surface area contributed by atoms with Crippen LogP contribution in [-0.4, -0.2) is 20.7 Å². The number of rotatable bonds is 5. The molecule has 146 valence electrons. The van der Waals surface area contributed by atoms with Gasteiger partial charge in [-0.1, -0.05) is 37.1 Å².